The van der Waals surface area contributed by atoms with Crippen LogP contribution in [0.5, 0.6) is 5.75 Å². The Balaban J connectivity index is 1.43. The first-order valence-corrected chi connectivity index (χ1v) is 10.9. The minimum absolute atomic E-state index is 0.0534. The molecule has 0 fully saturated rings. The van der Waals surface area contributed by atoms with Crippen molar-refractivity contribution in [1.82, 2.24) is 0 Å². The van der Waals surface area contributed by atoms with Gasteiger partial charge < -0.3 is 19.2 Å². The second-order valence-corrected chi connectivity index (χ2v) is 7.85. The highest BCUT2D eigenvalue weighted by molar-refractivity contribution is 6.31. The molecule has 4 aromatic rings. The zero-order valence-electron chi connectivity index (χ0n) is 18.6. The number of carbonyl (C=O) groups is 3. The lowest BCUT2D eigenvalue weighted by atomic mass is 10.0. The van der Waals surface area contributed by atoms with E-state index in [1.807, 2.05) is 6.07 Å². The molecule has 0 atom stereocenters. The number of furan rings is 1. The van der Waals surface area contributed by atoms with Gasteiger partial charge in [0, 0.05) is 16.1 Å². The number of methoxy groups -OCH3 is 1. The number of rotatable bonds is 8. The van der Waals surface area contributed by atoms with Gasteiger partial charge in [-0.05, 0) is 54.6 Å². The lowest BCUT2D eigenvalue weighted by Crippen LogP contribution is -2.14. The van der Waals surface area contributed by atoms with Gasteiger partial charge in [0.15, 0.2) is 11.5 Å². The Morgan fingerprint density at radius 2 is 1.63 bits per heavy atom. The third-order valence-electron chi connectivity index (χ3n) is 5.05. The number of hydrogen-bond donors (Lipinski definition) is 1. The minimum Gasteiger partial charge on any atom is -0.486 e. The second-order valence-electron chi connectivity index (χ2n) is 7.41. The average molecular weight is 490 g/mol. The number of amides is 1. The van der Waals surface area contributed by atoms with Crippen molar-refractivity contribution in [2.75, 3.05) is 12.4 Å². The van der Waals surface area contributed by atoms with E-state index in [4.69, 9.17) is 20.8 Å². The van der Waals surface area contributed by atoms with E-state index in [0.29, 0.717) is 33.3 Å². The first-order chi connectivity index (χ1) is 16.9. The summed E-state index contributed by atoms with van der Waals surface area (Å²) in [6.07, 6.45) is 0. The number of halogens is 1. The Hall–Kier alpha value is -4.36. The fourth-order valence-electron chi connectivity index (χ4n) is 3.28. The lowest BCUT2D eigenvalue weighted by molar-refractivity contribution is 0.0600. The summed E-state index contributed by atoms with van der Waals surface area (Å²) in [5, 5.41) is 3.09. The van der Waals surface area contributed by atoms with Crippen LogP contribution in [0.2, 0.25) is 5.02 Å². The third kappa shape index (κ3) is 5.77. The molecule has 0 saturated carbocycles. The topological polar surface area (TPSA) is 94.8 Å². The van der Waals surface area contributed by atoms with Gasteiger partial charge in [-0.3, -0.25) is 9.59 Å². The number of benzene rings is 3. The normalized spacial score (nSPS) is 10.5. The smallest absolute Gasteiger partial charge is 0.337 e. The summed E-state index contributed by atoms with van der Waals surface area (Å²) in [7, 11) is 1.31. The predicted octanol–water partition coefficient (Wildman–Crippen LogP) is 5.78. The standard InChI is InChI=1S/C27H20ClNO6/c1-33-27(32)18-7-10-20(11-8-18)34-16-21-12-14-24(35-21)26(31)29-23-13-9-19(28)15-22(23)25(30)17-5-3-2-4-6-17/h2-15H,16H2,1H3,(H,29,31). The Labute approximate surface area is 206 Å². The zero-order valence-corrected chi connectivity index (χ0v) is 19.4. The average Bonchev–Trinajstić information content (AvgIpc) is 3.38. The summed E-state index contributed by atoms with van der Waals surface area (Å²) in [5.41, 5.74) is 1.46. The maximum atomic E-state index is 13.0. The fourth-order valence-corrected chi connectivity index (χ4v) is 3.45. The van der Waals surface area contributed by atoms with Crippen molar-refractivity contribution < 1.29 is 28.3 Å². The molecule has 35 heavy (non-hydrogen) atoms. The quantitative estimate of drug-likeness (QED) is 0.249. The summed E-state index contributed by atoms with van der Waals surface area (Å²) in [6, 6.07) is 23.0. The third-order valence-corrected chi connectivity index (χ3v) is 5.29. The van der Waals surface area contributed by atoms with Crippen molar-refractivity contribution >= 4 is 34.9 Å². The van der Waals surface area contributed by atoms with Crippen molar-refractivity contribution in [3.63, 3.8) is 0 Å². The number of ketones is 1. The molecule has 1 amide bonds. The van der Waals surface area contributed by atoms with Crippen LogP contribution in [0, 0.1) is 0 Å². The fraction of sp³-hybridized carbons (Fsp3) is 0.0741. The predicted molar refractivity (Wildman–Crippen MR) is 130 cm³/mol. The van der Waals surface area contributed by atoms with Gasteiger partial charge in [-0.25, -0.2) is 4.79 Å². The summed E-state index contributed by atoms with van der Waals surface area (Å²) >= 11 is 6.10. The molecule has 3 aromatic carbocycles. The van der Waals surface area contributed by atoms with Crippen molar-refractivity contribution in [2.45, 2.75) is 6.61 Å². The molecular weight excluding hydrogens is 470 g/mol. The molecule has 0 radical (unpaired) electrons. The van der Waals surface area contributed by atoms with Gasteiger partial charge in [-0.1, -0.05) is 41.9 Å². The molecule has 176 valence electrons. The van der Waals surface area contributed by atoms with Crippen molar-refractivity contribution in [3.05, 3.63) is 118 Å². The molecule has 8 heteroatoms. The monoisotopic (exact) mass is 489 g/mol. The van der Waals surface area contributed by atoms with Gasteiger partial charge in [0.25, 0.3) is 5.91 Å². The molecule has 0 aliphatic heterocycles. The van der Waals surface area contributed by atoms with Gasteiger partial charge in [-0.15, -0.1) is 0 Å². The van der Waals surface area contributed by atoms with E-state index >= 15 is 0 Å². The number of anilines is 1. The van der Waals surface area contributed by atoms with E-state index in [1.54, 1.807) is 66.7 Å². The lowest BCUT2D eigenvalue weighted by Gasteiger charge is -2.10. The number of nitrogens with one attached hydrogen (secondary N) is 1. The van der Waals surface area contributed by atoms with E-state index < -0.39 is 11.9 Å². The van der Waals surface area contributed by atoms with Gasteiger partial charge in [-0.2, -0.15) is 0 Å². The van der Waals surface area contributed by atoms with Crippen LogP contribution in [0.1, 0.15) is 42.6 Å². The van der Waals surface area contributed by atoms with Crippen LogP contribution in [0.25, 0.3) is 0 Å². The van der Waals surface area contributed by atoms with Crippen LogP contribution < -0.4 is 10.1 Å². The highest BCUT2D eigenvalue weighted by atomic mass is 35.5. The van der Waals surface area contributed by atoms with Crippen molar-refractivity contribution in [3.8, 4) is 5.75 Å². The van der Waals surface area contributed by atoms with Gasteiger partial charge >= 0.3 is 5.97 Å². The molecule has 7 nitrogen and oxygen atoms in total. The van der Waals surface area contributed by atoms with E-state index in [1.165, 1.54) is 19.2 Å². The van der Waals surface area contributed by atoms with Gasteiger partial charge in [0.05, 0.1) is 18.4 Å². The molecule has 0 spiro atoms. The molecule has 0 aliphatic carbocycles. The van der Waals surface area contributed by atoms with E-state index in [0.717, 1.165) is 0 Å². The first kappa shape index (κ1) is 23.8. The van der Waals surface area contributed by atoms with Crippen LogP contribution in [-0.2, 0) is 11.3 Å². The molecule has 1 N–H and O–H groups in total. The maximum Gasteiger partial charge on any atom is 0.337 e. The summed E-state index contributed by atoms with van der Waals surface area (Å²) in [4.78, 5) is 37.3. The van der Waals surface area contributed by atoms with Crippen molar-refractivity contribution in [1.29, 1.82) is 0 Å². The molecule has 0 bridgehead atoms. The Morgan fingerprint density at radius 1 is 0.886 bits per heavy atom. The molecule has 1 aromatic heterocycles. The van der Waals surface area contributed by atoms with E-state index in [2.05, 4.69) is 10.1 Å². The Bertz CT molecular complexity index is 1360. The van der Waals surface area contributed by atoms with E-state index in [-0.39, 0.29) is 23.7 Å². The molecular formula is C27H20ClNO6. The number of carbonyl (C=O) groups excluding carboxylic acids is 3. The van der Waals surface area contributed by atoms with Gasteiger partial charge in [0.1, 0.15) is 18.1 Å². The summed E-state index contributed by atoms with van der Waals surface area (Å²) < 4.78 is 15.9. The SMILES string of the molecule is COC(=O)c1ccc(OCc2ccc(C(=O)Nc3ccc(Cl)cc3C(=O)c3ccccc3)o2)cc1. The maximum absolute atomic E-state index is 13.0. The largest absolute Gasteiger partial charge is 0.486 e. The molecule has 4 rings (SSSR count). The van der Waals surface area contributed by atoms with Crippen LogP contribution in [-0.4, -0.2) is 24.8 Å². The molecule has 0 unspecified atom stereocenters. The van der Waals surface area contributed by atoms with Crippen LogP contribution in [0.3, 0.4) is 0 Å². The number of ether oxygens (including phenoxy) is 2. The van der Waals surface area contributed by atoms with Gasteiger partial charge in [0.2, 0.25) is 0 Å². The molecule has 0 saturated heterocycles. The number of esters is 1. The molecule has 0 aliphatic rings. The Morgan fingerprint density at radius 3 is 2.34 bits per heavy atom. The number of hydrogen-bond acceptors (Lipinski definition) is 6. The van der Waals surface area contributed by atoms with Crippen LogP contribution >= 0.6 is 11.6 Å². The minimum atomic E-state index is -0.525. The van der Waals surface area contributed by atoms with Crippen molar-refractivity contribution in [2.24, 2.45) is 0 Å². The Kier molecular flexibility index (Phi) is 7.28. The highest BCUT2D eigenvalue weighted by Gasteiger charge is 2.18. The first-order valence-electron chi connectivity index (χ1n) is 10.5. The highest BCUT2D eigenvalue weighted by Crippen LogP contribution is 2.25. The summed E-state index contributed by atoms with van der Waals surface area (Å²) in [6.45, 7) is 0.0730. The molecule has 1 heterocycles. The second kappa shape index (κ2) is 10.7. The van der Waals surface area contributed by atoms with Crippen LogP contribution in [0.15, 0.2) is 89.3 Å². The van der Waals surface area contributed by atoms with E-state index in [9.17, 15) is 14.4 Å². The van der Waals surface area contributed by atoms with Crippen LogP contribution in [0.4, 0.5) is 5.69 Å². The zero-order chi connectivity index (χ0) is 24.8. The summed E-state index contributed by atoms with van der Waals surface area (Å²) in [5.74, 6) is -0.238.